The largest absolute Gasteiger partial charge is 0.424 e. The summed E-state index contributed by atoms with van der Waals surface area (Å²) >= 11 is 1.35. The minimum Gasteiger partial charge on any atom is -0.374 e. The number of rotatable bonds is 6. The predicted octanol–water partition coefficient (Wildman–Crippen LogP) is 2.28. The molecule has 2 aromatic rings. The van der Waals surface area contributed by atoms with Gasteiger partial charge in [-0.25, -0.2) is 4.98 Å². The van der Waals surface area contributed by atoms with E-state index in [-0.39, 0.29) is 6.54 Å². The molecular formula is C14H15F3N4OS. The summed E-state index contributed by atoms with van der Waals surface area (Å²) < 4.78 is 41.0. The minimum atomic E-state index is -4.83. The average Bonchev–Trinajstić information content (AvgIpc) is 3.11. The molecule has 0 aliphatic rings. The summed E-state index contributed by atoms with van der Waals surface area (Å²) in [6.45, 7) is 0.281. The van der Waals surface area contributed by atoms with Crippen molar-refractivity contribution in [2.24, 2.45) is 7.05 Å². The number of hydrogen-bond acceptors (Lipinski definition) is 5. The Morgan fingerprint density at radius 3 is 2.74 bits per heavy atom. The van der Waals surface area contributed by atoms with Gasteiger partial charge in [0.25, 0.3) is 0 Å². The van der Waals surface area contributed by atoms with Crippen LogP contribution >= 0.6 is 11.3 Å². The molecule has 1 unspecified atom stereocenters. The lowest BCUT2D eigenvalue weighted by Gasteiger charge is -2.30. The maximum Gasteiger partial charge on any atom is 0.424 e. The summed E-state index contributed by atoms with van der Waals surface area (Å²) in [6.07, 6.45) is -2.81. The zero-order valence-electron chi connectivity index (χ0n) is 12.3. The number of aryl methyl sites for hydroxylation is 1. The first-order valence-electron chi connectivity index (χ1n) is 6.73. The van der Waals surface area contributed by atoms with Crippen molar-refractivity contribution < 1.29 is 18.3 Å². The van der Waals surface area contributed by atoms with Crippen LogP contribution in [0.15, 0.2) is 23.8 Å². The molecule has 0 aliphatic carbocycles. The van der Waals surface area contributed by atoms with Gasteiger partial charge in [0.1, 0.15) is 11.9 Å². The van der Waals surface area contributed by atoms with Crippen molar-refractivity contribution in [3.8, 4) is 6.07 Å². The van der Waals surface area contributed by atoms with Gasteiger partial charge < -0.3 is 15.0 Å². The van der Waals surface area contributed by atoms with E-state index in [1.165, 1.54) is 30.8 Å². The highest BCUT2D eigenvalue weighted by atomic mass is 32.1. The first-order chi connectivity index (χ1) is 10.8. The predicted molar refractivity (Wildman–Crippen MR) is 78.5 cm³/mol. The van der Waals surface area contributed by atoms with Crippen molar-refractivity contribution in [3.63, 3.8) is 0 Å². The van der Waals surface area contributed by atoms with E-state index < -0.39 is 24.0 Å². The van der Waals surface area contributed by atoms with Crippen LogP contribution in [0.1, 0.15) is 22.7 Å². The quantitative estimate of drug-likeness (QED) is 0.789. The van der Waals surface area contributed by atoms with Gasteiger partial charge in [-0.05, 0) is 12.6 Å². The first-order valence-corrected chi connectivity index (χ1v) is 7.61. The molecular weight excluding hydrogens is 329 g/mol. The Hall–Kier alpha value is -1.89. The van der Waals surface area contributed by atoms with Gasteiger partial charge >= 0.3 is 6.18 Å². The second-order valence-electron chi connectivity index (χ2n) is 5.06. The second-order valence-corrected chi connectivity index (χ2v) is 6.06. The molecule has 0 spiro atoms. The third kappa shape index (κ3) is 3.72. The number of thiophene rings is 1. The molecule has 23 heavy (non-hydrogen) atoms. The SMILES string of the molecule is Cn1ccnc1C(O)(CCNCc1cc(C#N)cs1)C(F)(F)F. The molecule has 0 radical (unpaired) electrons. The number of aromatic nitrogens is 2. The summed E-state index contributed by atoms with van der Waals surface area (Å²) in [7, 11) is 1.40. The summed E-state index contributed by atoms with van der Waals surface area (Å²) in [5.41, 5.74) is -2.49. The number of imidazole rings is 1. The molecule has 5 nitrogen and oxygen atoms in total. The zero-order chi connectivity index (χ0) is 17.1. The lowest BCUT2D eigenvalue weighted by molar-refractivity contribution is -0.272. The molecule has 0 saturated heterocycles. The molecule has 124 valence electrons. The number of nitrogens with one attached hydrogen (secondary N) is 1. The van der Waals surface area contributed by atoms with Crippen molar-refractivity contribution in [2.45, 2.75) is 24.7 Å². The molecule has 0 aromatic carbocycles. The highest BCUT2D eigenvalue weighted by molar-refractivity contribution is 7.10. The summed E-state index contributed by atoms with van der Waals surface area (Å²) in [5, 5.41) is 23.4. The van der Waals surface area contributed by atoms with Crippen LogP contribution in [0.4, 0.5) is 13.2 Å². The lowest BCUT2D eigenvalue weighted by Crippen LogP contribution is -2.46. The van der Waals surface area contributed by atoms with E-state index in [9.17, 15) is 18.3 Å². The van der Waals surface area contributed by atoms with E-state index in [0.717, 1.165) is 9.44 Å². The number of hydrogen-bond donors (Lipinski definition) is 2. The topological polar surface area (TPSA) is 73.9 Å². The van der Waals surface area contributed by atoms with Crippen LogP contribution in [-0.2, 0) is 19.2 Å². The normalized spacial score (nSPS) is 14.4. The molecule has 2 aromatic heterocycles. The maximum absolute atomic E-state index is 13.3. The van der Waals surface area contributed by atoms with E-state index >= 15 is 0 Å². The van der Waals surface area contributed by atoms with Crippen LogP contribution in [0.2, 0.25) is 0 Å². The molecule has 1 atom stereocenters. The molecule has 0 aliphatic heterocycles. The average molecular weight is 344 g/mol. The zero-order valence-corrected chi connectivity index (χ0v) is 13.1. The molecule has 2 N–H and O–H groups in total. The van der Waals surface area contributed by atoms with Gasteiger partial charge in [0, 0.05) is 42.7 Å². The molecule has 0 fully saturated rings. The van der Waals surface area contributed by atoms with E-state index in [2.05, 4.69) is 10.3 Å². The fraction of sp³-hybridized carbons (Fsp3) is 0.429. The highest BCUT2D eigenvalue weighted by Gasteiger charge is 2.56. The Morgan fingerprint density at radius 1 is 1.48 bits per heavy atom. The Labute approximate surface area is 135 Å². The van der Waals surface area contributed by atoms with Gasteiger partial charge in [0.15, 0.2) is 0 Å². The molecule has 0 bridgehead atoms. The van der Waals surface area contributed by atoms with Crippen molar-refractivity contribution in [2.75, 3.05) is 6.54 Å². The van der Waals surface area contributed by atoms with Crippen LogP contribution in [0, 0.1) is 11.3 Å². The fourth-order valence-electron chi connectivity index (χ4n) is 2.16. The Balaban J connectivity index is 2.00. The van der Waals surface area contributed by atoms with Crippen molar-refractivity contribution in [3.05, 3.63) is 40.1 Å². The third-order valence-corrected chi connectivity index (χ3v) is 4.34. The third-order valence-electron chi connectivity index (χ3n) is 3.41. The number of nitriles is 1. The highest BCUT2D eigenvalue weighted by Crippen LogP contribution is 2.40. The minimum absolute atomic E-state index is 0.0529. The van der Waals surface area contributed by atoms with Crippen LogP contribution in [0.5, 0.6) is 0 Å². The van der Waals surface area contributed by atoms with Crippen molar-refractivity contribution in [1.29, 1.82) is 5.26 Å². The molecule has 0 amide bonds. The van der Waals surface area contributed by atoms with Gasteiger partial charge in [-0.15, -0.1) is 11.3 Å². The smallest absolute Gasteiger partial charge is 0.374 e. The van der Waals surface area contributed by atoms with Gasteiger partial charge in [-0.2, -0.15) is 18.4 Å². The van der Waals surface area contributed by atoms with Crippen LogP contribution < -0.4 is 5.32 Å². The van der Waals surface area contributed by atoms with Gasteiger partial charge in [-0.1, -0.05) is 0 Å². The molecule has 9 heteroatoms. The van der Waals surface area contributed by atoms with E-state index in [0.29, 0.717) is 12.1 Å². The van der Waals surface area contributed by atoms with E-state index in [1.54, 1.807) is 11.4 Å². The van der Waals surface area contributed by atoms with E-state index in [1.807, 2.05) is 6.07 Å². The summed E-state index contributed by atoms with van der Waals surface area (Å²) in [4.78, 5) is 4.48. The standard InChI is InChI=1S/C14H15F3N4OS/c1-21-5-4-20-12(21)13(22,14(15,16)17)2-3-19-8-11-6-10(7-18)9-23-11/h4-6,9,19,22H,2-3,8H2,1H3. The van der Waals surface area contributed by atoms with Gasteiger partial charge in [0.2, 0.25) is 5.60 Å². The summed E-state index contributed by atoms with van der Waals surface area (Å²) in [5.74, 6) is -0.435. The maximum atomic E-state index is 13.3. The van der Waals surface area contributed by atoms with Gasteiger partial charge in [-0.3, -0.25) is 0 Å². The number of halogens is 3. The van der Waals surface area contributed by atoms with Crippen LogP contribution in [0.25, 0.3) is 0 Å². The Bertz CT molecular complexity index is 703. The first kappa shape index (κ1) is 17.5. The second kappa shape index (κ2) is 6.70. The monoisotopic (exact) mass is 344 g/mol. The van der Waals surface area contributed by atoms with Crippen molar-refractivity contribution >= 4 is 11.3 Å². The lowest BCUT2D eigenvalue weighted by atomic mass is 9.97. The molecule has 2 heterocycles. The fourth-order valence-corrected chi connectivity index (χ4v) is 2.94. The molecule has 0 saturated carbocycles. The van der Waals surface area contributed by atoms with E-state index in [4.69, 9.17) is 5.26 Å². The number of nitrogens with zero attached hydrogens (tertiary/aromatic N) is 3. The Morgan fingerprint density at radius 2 is 2.22 bits per heavy atom. The van der Waals surface area contributed by atoms with Gasteiger partial charge in [0.05, 0.1) is 5.56 Å². The molecule has 2 rings (SSSR count). The van der Waals surface area contributed by atoms with Crippen LogP contribution in [-0.4, -0.2) is 27.4 Å². The summed E-state index contributed by atoms with van der Waals surface area (Å²) in [6, 6.07) is 3.66. The Kier molecular flexibility index (Phi) is 5.09. The van der Waals surface area contributed by atoms with Crippen LogP contribution in [0.3, 0.4) is 0 Å². The number of alkyl halides is 3. The van der Waals surface area contributed by atoms with Crippen molar-refractivity contribution in [1.82, 2.24) is 14.9 Å². The number of aliphatic hydroxyl groups is 1.